The molecule has 0 aliphatic carbocycles. The number of pyridine rings is 1. The van der Waals surface area contributed by atoms with E-state index in [1.165, 1.54) is 6.07 Å². The van der Waals surface area contributed by atoms with E-state index < -0.39 is 5.97 Å². The van der Waals surface area contributed by atoms with Crippen molar-refractivity contribution >= 4 is 11.8 Å². The van der Waals surface area contributed by atoms with Crippen LogP contribution in [0, 0.1) is 0 Å². The number of aromatic carboxylic acids is 1. The molecule has 88 valence electrons. The smallest absolute Gasteiger partial charge is 0.354 e. The Hall–Kier alpha value is -2.37. The summed E-state index contributed by atoms with van der Waals surface area (Å²) in [7, 11) is 0. The van der Waals surface area contributed by atoms with Crippen LogP contribution >= 0.6 is 0 Å². The Bertz CT molecular complexity index is 496. The van der Waals surface area contributed by atoms with Crippen molar-refractivity contribution in [2.45, 2.75) is 6.54 Å². The van der Waals surface area contributed by atoms with Crippen LogP contribution in [0.4, 0.5) is 5.82 Å². The molecular formula is C11H12N4O2. The van der Waals surface area contributed by atoms with E-state index in [4.69, 9.17) is 5.11 Å². The van der Waals surface area contributed by atoms with Gasteiger partial charge in [-0.15, -0.1) is 0 Å². The van der Waals surface area contributed by atoms with Gasteiger partial charge in [0.15, 0.2) is 5.69 Å². The number of rotatable bonds is 5. The summed E-state index contributed by atoms with van der Waals surface area (Å²) in [5, 5.41) is 11.8. The third-order valence-corrected chi connectivity index (χ3v) is 2.20. The van der Waals surface area contributed by atoms with E-state index in [2.05, 4.69) is 15.3 Å². The minimum Gasteiger partial charge on any atom is -0.477 e. The van der Waals surface area contributed by atoms with Crippen molar-refractivity contribution in [1.29, 1.82) is 0 Å². The predicted molar refractivity (Wildman–Crippen MR) is 61.9 cm³/mol. The van der Waals surface area contributed by atoms with Crippen LogP contribution in [-0.4, -0.2) is 32.2 Å². The van der Waals surface area contributed by atoms with Crippen LogP contribution in [0.3, 0.4) is 0 Å². The summed E-state index contributed by atoms with van der Waals surface area (Å²) in [6.45, 7) is 1.41. The first-order chi connectivity index (χ1) is 8.25. The van der Waals surface area contributed by atoms with Crippen LogP contribution in [0.1, 0.15) is 10.5 Å². The van der Waals surface area contributed by atoms with Gasteiger partial charge in [-0.05, 0) is 12.1 Å². The van der Waals surface area contributed by atoms with E-state index in [-0.39, 0.29) is 5.69 Å². The molecule has 2 rings (SSSR count). The molecule has 2 aromatic rings. The highest BCUT2D eigenvalue weighted by Gasteiger charge is 2.04. The molecule has 0 unspecified atom stereocenters. The van der Waals surface area contributed by atoms with Gasteiger partial charge in [0, 0.05) is 25.5 Å². The van der Waals surface area contributed by atoms with Crippen molar-refractivity contribution in [3.63, 3.8) is 0 Å². The molecule has 0 aliphatic rings. The lowest BCUT2D eigenvalue weighted by atomic mass is 10.3. The predicted octanol–water partition coefficient (Wildman–Crippen LogP) is 1.09. The maximum Gasteiger partial charge on any atom is 0.354 e. The van der Waals surface area contributed by atoms with Gasteiger partial charge < -0.3 is 15.0 Å². The van der Waals surface area contributed by atoms with E-state index in [1.54, 1.807) is 24.7 Å². The minimum atomic E-state index is -1.02. The first kappa shape index (κ1) is 11.1. The van der Waals surface area contributed by atoms with Crippen molar-refractivity contribution in [3.8, 4) is 0 Å². The molecule has 2 N–H and O–H groups in total. The number of carbonyl (C=O) groups is 1. The van der Waals surface area contributed by atoms with Gasteiger partial charge in [0.05, 0.1) is 6.33 Å². The molecule has 0 bridgehead atoms. The summed E-state index contributed by atoms with van der Waals surface area (Å²) in [5.74, 6) is -0.465. The maximum atomic E-state index is 10.7. The van der Waals surface area contributed by atoms with Gasteiger partial charge in [-0.2, -0.15) is 0 Å². The fraction of sp³-hybridized carbons (Fsp3) is 0.182. The molecule has 2 aromatic heterocycles. The second kappa shape index (κ2) is 5.11. The van der Waals surface area contributed by atoms with Crippen LogP contribution in [0.15, 0.2) is 36.9 Å². The summed E-state index contributed by atoms with van der Waals surface area (Å²) in [6, 6.07) is 4.86. The van der Waals surface area contributed by atoms with E-state index in [0.717, 1.165) is 6.54 Å². The molecule has 2 heterocycles. The van der Waals surface area contributed by atoms with Gasteiger partial charge in [0.2, 0.25) is 0 Å². The second-order valence-corrected chi connectivity index (χ2v) is 3.44. The van der Waals surface area contributed by atoms with E-state index in [0.29, 0.717) is 12.4 Å². The number of carboxylic acid groups (broad SMARTS) is 1. The number of imidazole rings is 1. The Kier molecular flexibility index (Phi) is 3.34. The quantitative estimate of drug-likeness (QED) is 0.806. The zero-order chi connectivity index (χ0) is 12.1. The molecule has 6 nitrogen and oxygen atoms in total. The maximum absolute atomic E-state index is 10.7. The number of hydrogen-bond acceptors (Lipinski definition) is 4. The Balaban J connectivity index is 1.90. The van der Waals surface area contributed by atoms with E-state index in [9.17, 15) is 4.79 Å². The first-order valence-electron chi connectivity index (χ1n) is 5.15. The average Bonchev–Trinajstić information content (AvgIpc) is 2.82. The van der Waals surface area contributed by atoms with Crippen molar-refractivity contribution in [3.05, 3.63) is 42.6 Å². The normalized spacial score (nSPS) is 10.1. The third-order valence-electron chi connectivity index (χ3n) is 2.20. The number of nitrogens with zero attached hydrogens (tertiary/aromatic N) is 3. The summed E-state index contributed by atoms with van der Waals surface area (Å²) in [5.41, 5.74) is 0.0395. The summed E-state index contributed by atoms with van der Waals surface area (Å²) in [6.07, 6.45) is 5.30. The van der Waals surface area contributed by atoms with Crippen LogP contribution in [-0.2, 0) is 6.54 Å². The number of anilines is 1. The number of nitrogens with one attached hydrogen (secondary N) is 1. The molecule has 0 amide bonds. The lowest BCUT2D eigenvalue weighted by Gasteiger charge is -2.06. The molecule has 0 spiro atoms. The fourth-order valence-electron chi connectivity index (χ4n) is 1.38. The SMILES string of the molecule is O=C(O)c1cccc(NCCn2ccnc2)n1. The van der Waals surface area contributed by atoms with Gasteiger partial charge in [0.25, 0.3) is 0 Å². The lowest BCUT2D eigenvalue weighted by molar-refractivity contribution is 0.0690. The standard InChI is InChI=1S/C11H12N4O2/c16-11(17)9-2-1-3-10(14-9)13-5-7-15-6-4-12-8-15/h1-4,6,8H,5,7H2,(H,13,14)(H,16,17). The monoisotopic (exact) mass is 232 g/mol. The number of hydrogen-bond donors (Lipinski definition) is 2. The molecule has 0 atom stereocenters. The largest absolute Gasteiger partial charge is 0.477 e. The third kappa shape index (κ3) is 3.04. The average molecular weight is 232 g/mol. The van der Waals surface area contributed by atoms with Crippen molar-refractivity contribution in [1.82, 2.24) is 14.5 Å². The zero-order valence-electron chi connectivity index (χ0n) is 9.08. The molecule has 17 heavy (non-hydrogen) atoms. The molecule has 0 radical (unpaired) electrons. The second-order valence-electron chi connectivity index (χ2n) is 3.44. The summed E-state index contributed by atoms with van der Waals surface area (Å²) >= 11 is 0. The van der Waals surface area contributed by atoms with Crippen molar-refractivity contribution < 1.29 is 9.90 Å². The van der Waals surface area contributed by atoms with Crippen LogP contribution in [0.5, 0.6) is 0 Å². The Labute approximate surface area is 97.9 Å². The molecular weight excluding hydrogens is 220 g/mol. The van der Waals surface area contributed by atoms with E-state index >= 15 is 0 Å². The number of carboxylic acids is 1. The van der Waals surface area contributed by atoms with Gasteiger partial charge in [-0.25, -0.2) is 14.8 Å². The fourth-order valence-corrected chi connectivity index (χ4v) is 1.38. The van der Waals surface area contributed by atoms with Crippen molar-refractivity contribution in [2.24, 2.45) is 0 Å². The summed E-state index contributed by atoms with van der Waals surface area (Å²) in [4.78, 5) is 18.6. The zero-order valence-corrected chi connectivity index (χ0v) is 9.08. The van der Waals surface area contributed by atoms with Gasteiger partial charge >= 0.3 is 5.97 Å². The van der Waals surface area contributed by atoms with Gasteiger partial charge in [0.1, 0.15) is 5.82 Å². The summed E-state index contributed by atoms with van der Waals surface area (Å²) < 4.78 is 1.92. The van der Waals surface area contributed by atoms with Crippen LogP contribution in [0.25, 0.3) is 0 Å². The molecule has 0 fully saturated rings. The first-order valence-corrected chi connectivity index (χ1v) is 5.15. The molecule has 0 saturated carbocycles. The Morgan fingerprint density at radius 1 is 1.47 bits per heavy atom. The Morgan fingerprint density at radius 3 is 3.06 bits per heavy atom. The highest BCUT2D eigenvalue weighted by atomic mass is 16.4. The number of aromatic nitrogens is 3. The highest BCUT2D eigenvalue weighted by molar-refractivity contribution is 5.85. The van der Waals surface area contributed by atoms with E-state index in [1.807, 2.05) is 10.8 Å². The molecule has 0 aromatic carbocycles. The molecule has 0 saturated heterocycles. The lowest BCUT2D eigenvalue weighted by Crippen LogP contribution is -2.11. The van der Waals surface area contributed by atoms with Gasteiger partial charge in [-0.3, -0.25) is 0 Å². The molecule has 6 heteroatoms. The van der Waals surface area contributed by atoms with Crippen LogP contribution < -0.4 is 5.32 Å². The molecule has 0 aliphatic heterocycles. The topological polar surface area (TPSA) is 80.0 Å². The van der Waals surface area contributed by atoms with Crippen LogP contribution in [0.2, 0.25) is 0 Å². The van der Waals surface area contributed by atoms with Gasteiger partial charge in [-0.1, -0.05) is 6.07 Å². The highest BCUT2D eigenvalue weighted by Crippen LogP contribution is 2.04. The van der Waals surface area contributed by atoms with Crippen molar-refractivity contribution in [2.75, 3.05) is 11.9 Å². The Morgan fingerprint density at radius 2 is 2.35 bits per heavy atom. The minimum absolute atomic E-state index is 0.0395.